The molecule has 0 fully saturated rings. The van der Waals surface area contributed by atoms with Crippen LogP contribution in [0.3, 0.4) is 0 Å². The summed E-state index contributed by atoms with van der Waals surface area (Å²) in [5.74, 6) is 1.50. The summed E-state index contributed by atoms with van der Waals surface area (Å²) in [4.78, 5) is 12.7. The molecule has 0 aliphatic rings. The summed E-state index contributed by atoms with van der Waals surface area (Å²) in [6.07, 6.45) is 3.23. The molecule has 0 saturated heterocycles. The predicted molar refractivity (Wildman–Crippen MR) is 129 cm³/mol. The standard InChI is InChI=1S/C24H34N4O4/c1-27(2)11-13-31-21-7-5-19(23(29)15-21)17-25-9-10-26-18-20-6-8-22(16-24(20)30)32-14-12-28(3)4/h5-8,15-18,29-30H,9-14H2,1-4H3. The highest BCUT2D eigenvalue weighted by molar-refractivity contribution is 5.84. The zero-order valence-electron chi connectivity index (χ0n) is 19.4. The maximum atomic E-state index is 10.1. The van der Waals surface area contributed by atoms with Crippen LogP contribution in [-0.2, 0) is 0 Å². The number of phenolic OH excluding ortho intramolecular Hbond substituents is 2. The first-order chi connectivity index (χ1) is 15.3. The van der Waals surface area contributed by atoms with E-state index in [0.717, 1.165) is 13.1 Å². The molecule has 0 radical (unpaired) electrons. The van der Waals surface area contributed by atoms with E-state index in [-0.39, 0.29) is 11.5 Å². The molecule has 174 valence electrons. The summed E-state index contributed by atoms with van der Waals surface area (Å²) in [5, 5.41) is 20.3. The van der Waals surface area contributed by atoms with E-state index in [4.69, 9.17) is 9.47 Å². The number of hydrogen-bond acceptors (Lipinski definition) is 8. The molecule has 2 aromatic carbocycles. The highest BCUT2D eigenvalue weighted by atomic mass is 16.5. The van der Waals surface area contributed by atoms with Gasteiger partial charge in [-0.1, -0.05) is 0 Å². The SMILES string of the molecule is CN(C)CCOc1ccc(C=NCCN=Cc2ccc(OCCN(C)C)cc2O)c(O)c1. The van der Waals surface area contributed by atoms with Crippen molar-refractivity contribution in [1.82, 2.24) is 9.80 Å². The van der Waals surface area contributed by atoms with E-state index in [9.17, 15) is 10.2 Å². The Kier molecular flexibility index (Phi) is 10.5. The second-order valence-corrected chi connectivity index (χ2v) is 7.82. The van der Waals surface area contributed by atoms with Gasteiger partial charge in [-0.25, -0.2) is 0 Å². The Bertz CT molecular complexity index is 824. The summed E-state index contributed by atoms with van der Waals surface area (Å²) in [7, 11) is 7.91. The average molecular weight is 443 g/mol. The van der Waals surface area contributed by atoms with E-state index >= 15 is 0 Å². The predicted octanol–water partition coefficient (Wildman–Crippen LogP) is 2.52. The maximum Gasteiger partial charge on any atom is 0.128 e. The molecule has 8 heteroatoms. The Hall–Kier alpha value is -3.10. The van der Waals surface area contributed by atoms with Crippen molar-refractivity contribution >= 4 is 12.4 Å². The van der Waals surface area contributed by atoms with Crippen LogP contribution in [0.15, 0.2) is 46.4 Å². The van der Waals surface area contributed by atoms with Gasteiger partial charge in [0.25, 0.3) is 0 Å². The van der Waals surface area contributed by atoms with Gasteiger partial charge in [0.1, 0.15) is 36.2 Å². The molecule has 2 rings (SSSR count). The Morgan fingerprint density at radius 1 is 0.719 bits per heavy atom. The first-order valence-corrected chi connectivity index (χ1v) is 10.6. The minimum absolute atomic E-state index is 0.123. The van der Waals surface area contributed by atoms with E-state index < -0.39 is 0 Å². The number of rotatable bonds is 13. The van der Waals surface area contributed by atoms with E-state index in [1.807, 2.05) is 50.1 Å². The maximum absolute atomic E-state index is 10.1. The quantitative estimate of drug-likeness (QED) is 0.366. The molecule has 2 aromatic rings. The van der Waals surface area contributed by atoms with Crippen molar-refractivity contribution < 1.29 is 19.7 Å². The minimum Gasteiger partial charge on any atom is -0.507 e. The van der Waals surface area contributed by atoms with Crippen molar-refractivity contribution in [2.45, 2.75) is 0 Å². The zero-order valence-corrected chi connectivity index (χ0v) is 19.4. The van der Waals surface area contributed by atoms with Crippen LogP contribution in [0.4, 0.5) is 0 Å². The third kappa shape index (κ3) is 9.36. The summed E-state index contributed by atoms with van der Waals surface area (Å²) in [6.45, 7) is 3.64. The molecule has 0 bridgehead atoms. The summed E-state index contributed by atoms with van der Waals surface area (Å²) >= 11 is 0. The Balaban J connectivity index is 1.77. The van der Waals surface area contributed by atoms with Crippen LogP contribution in [-0.4, -0.2) is 100 Å². The molecule has 0 aromatic heterocycles. The van der Waals surface area contributed by atoms with Gasteiger partial charge >= 0.3 is 0 Å². The van der Waals surface area contributed by atoms with Crippen molar-refractivity contribution in [1.29, 1.82) is 0 Å². The smallest absolute Gasteiger partial charge is 0.128 e. The van der Waals surface area contributed by atoms with E-state index in [1.165, 1.54) is 0 Å². The van der Waals surface area contributed by atoms with Crippen LogP contribution in [0.1, 0.15) is 11.1 Å². The number of likely N-dealkylation sites (N-methyl/N-ethyl adjacent to an activating group) is 2. The molecule has 0 heterocycles. The van der Waals surface area contributed by atoms with Gasteiger partial charge in [0.05, 0.1) is 13.1 Å². The third-order valence-electron chi connectivity index (χ3n) is 4.44. The zero-order chi connectivity index (χ0) is 23.3. The highest BCUT2D eigenvalue weighted by Gasteiger charge is 2.03. The average Bonchev–Trinajstić information content (AvgIpc) is 2.72. The number of aliphatic imine (C=N–C) groups is 2. The van der Waals surface area contributed by atoms with Crippen LogP contribution < -0.4 is 9.47 Å². The van der Waals surface area contributed by atoms with Crippen LogP contribution >= 0.6 is 0 Å². The lowest BCUT2D eigenvalue weighted by molar-refractivity contribution is 0.260. The lowest BCUT2D eigenvalue weighted by Gasteiger charge is -2.11. The van der Waals surface area contributed by atoms with Crippen molar-refractivity contribution in [2.24, 2.45) is 9.98 Å². The largest absolute Gasteiger partial charge is 0.507 e. The fraction of sp³-hybridized carbons (Fsp3) is 0.417. The molecule has 0 spiro atoms. The van der Waals surface area contributed by atoms with Gasteiger partial charge in [-0.15, -0.1) is 0 Å². The van der Waals surface area contributed by atoms with Gasteiger partial charge < -0.3 is 29.5 Å². The first-order valence-electron chi connectivity index (χ1n) is 10.6. The highest BCUT2D eigenvalue weighted by Crippen LogP contribution is 2.23. The lowest BCUT2D eigenvalue weighted by atomic mass is 10.2. The number of aromatic hydroxyl groups is 2. The molecular weight excluding hydrogens is 408 g/mol. The molecule has 0 amide bonds. The van der Waals surface area contributed by atoms with Gasteiger partial charge in [-0.2, -0.15) is 0 Å². The number of benzene rings is 2. The van der Waals surface area contributed by atoms with Crippen LogP contribution in [0, 0.1) is 0 Å². The van der Waals surface area contributed by atoms with Crippen LogP contribution in [0.2, 0.25) is 0 Å². The fourth-order valence-corrected chi connectivity index (χ4v) is 2.58. The van der Waals surface area contributed by atoms with Crippen LogP contribution in [0.25, 0.3) is 0 Å². The third-order valence-corrected chi connectivity index (χ3v) is 4.44. The second-order valence-electron chi connectivity index (χ2n) is 7.82. The van der Waals surface area contributed by atoms with Crippen molar-refractivity contribution in [3.63, 3.8) is 0 Å². The molecule has 0 unspecified atom stereocenters. The monoisotopic (exact) mass is 442 g/mol. The molecular formula is C24H34N4O4. The molecule has 0 saturated carbocycles. The van der Waals surface area contributed by atoms with Gasteiger partial charge in [-0.3, -0.25) is 9.98 Å². The number of hydrogen-bond donors (Lipinski definition) is 2. The molecule has 0 atom stereocenters. The Morgan fingerprint density at radius 3 is 1.47 bits per heavy atom. The van der Waals surface area contributed by atoms with Gasteiger partial charge in [0, 0.05) is 48.8 Å². The van der Waals surface area contributed by atoms with Gasteiger partial charge in [-0.05, 0) is 52.5 Å². The summed E-state index contributed by atoms with van der Waals surface area (Å²) in [6, 6.07) is 10.3. The topological polar surface area (TPSA) is 90.1 Å². The van der Waals surface area contributed by atoms with Crippen molar-refractivity contribution in [3.8, 4) is 23.0 Å². The summed E-state index contributed by atoms with van der Waals surface area (Å²) in [5.41, 5.74) is 1.24. The van der Waals surface area contributed by atoms with Crippen molar-refractivity contribution in [2.75, 3.05) is 67.6 Å². The molecule has 0 aliphatic heterocycles. The number of nitrogens with zero attached hydrogens (tertiary/aromatic N) is 4. The molecule has 2 N–H and O–H groups in total. The molecule has 8 nitrogen and oxygen atoms in total. The fourth-order valence-electron chi connectivity index (χ4n) is 2.58. The lowest BCUT2D eigenvalue weighted by Crippen LogP contribution is -2.19. The van der Waals surface area contributed by atoms with E-state index in [2.05, 4.69) is 9.98 Å². The van der Waals surface area contributed by atoms with Gasteiger partial charge in [0.2, 0.25) is 0 Å². The van der Waals surface area contributed by atoms with E-state index in [0.29, 0.717) is 48.9 Å². The molecule has 32 heavy (non-hydrogen) atoms. The summed E-state index contributed by atoms with van der Waals surface area (Å²) < 4.78 is 11.2. The number of phenols is 2. The second kappa shape index (κ2) is 13.3. The van der Waals surface area contributed by atoms with Gasteiger partial charge in [0.15, 0.2) is 0 Å². The first kappa shape index (κ1) is 25.2. The Labute approximate surface area is 190 Å². The number of ether oxygens (including phenoxy) is 2. The minimum atomic E-state index is 0.123. The van der Waals surface area contributed by atoms with Crippen molar-refractivity contribution in [3.05, 3.63) is 47.5 Å². The normalized spacial score (nSPS) is 11.8. The molecule has 0 aliphatic carbocycles. The van der Waals surface area contributed by atoms with Crippen LogP contribution in [0.5, 0.6) is 23.0 Å². The van der Waals surface area contributed by atoms with E-state index in [1.54, 1.807) is 36.7 Å². The Morgan fingerprint density at radius 2 is 1.12 bits per heavy atom.